The van der Waals surface area contributed by atoms with Crippen molar-refractivity contribution < 1.29 is 4.74 Å². The van der Waals surface area contributed by atoms with E-state index in [1.54, 1.807) is 0 Å². The van der Waals surface area contributed by atoms with Crippen LogP contribution in [0, 0.1) is 0 Å². The molecule has 0 spiro atoms. The topological polar surface area (TPSA) is 42.3 Å². The predicted octanol–water partition coefficient (Wildman–Crippen LogP) is 14.8. The molecule has 1 aliphatic carbocycles. The number of anilines is 4. The van der Waals surface area contributed by atoms with Crippen LogP contribution in [-0.4, -0.2) is 16.6 Å². The lowest BCUT2D eigenvalue weighted by Gasteiger charge is -2.28. The number of nitrogens with zero attached hydrogens (tertiary/aromatic N) is 3. The van der Waals surface area contributed by atoms with Gasteiger partial charge in [0.2, 0.25) is 0 Å². The molecule has 1 aliphatic rings. The molecule has 0 atom stereocenters. The third-order valence-electron chi connectivity index (χ3n) is 12.2. The Bertz CT molecular complexity index is 3010. The minimum Gasteiger partial charge on any atom is -0.457 e. The summed E-state index contributed by atoms with van der Waals surface area (Å²) in [6.07, 6.45) is 1.94. The van der Waals surface area contributed by atoms with E-state index in [9.17, 15) is 0 Å². The first kappa shape index (κ1) is 37.2. The summed E-state index contributed by atoms with van der Waals surface area (Å²) in [4.78, 5) is 7.24. The fraction of sp³-hybridized carbons (Fsp3) is 0.145. The van der Waals surface area contributed by atoms with Crippen molar-refractivity contribution in [3.63, 3.8) is 0 Å². The molecule has 60 heavy (non-hydrogen) atoms. The second kappa shape index (κ2) is 14.3. The maximum absolute atomic E-state index is 6.84. The summed E-state index contributed by atoms with van der Waals surface area (Å²) in [5.41, 5.74) is 14.7. The van der Waals surface area contributed by atoms with Gasteiger partial charge in [0.05, 0.1) is 28.1 Å². The van der Waals surface area contributed by atoms with Gasteiger partial charge in [0.1, 0.15) is 17.3 Å². The van der Waals surface area contributed by atoms with Gasteiger partial charge in [-0.3, -0.25) is 4.57 Å². The van der Waals surface area contributed by atoms with Crippen LogP contribution in [0.4, 0.5) is 22.7 Å². The molecule has 0 saturated heterocycles. The lowest BCUT2D eigenvalue weighted by atomic mass is 9.81. The van der Waals surface area contributed by atoms with Gasteiger partial charge in [-0.15, -0.1) is 0 Å². The molecule has 9 aromatic rings. The Morgan fingerprint density at radius 3 is 1.97 bits per heavy atom. The first-order valence-corrected chi connectivity index (χ1v) is 20.8. The number of aromatic nitrogens is 2. The quantitative estimate of drug-likeness (QED) is 0.158. The monoisotopic (exact) mass is 780 g/mol. The number of pyridine rings is 1. The van der Waals surface area contributed by atoms with Crippen LogP contribution in [0.3, 0.4) is 0 Å². The molecule has 5 nitrogen and oxygen atoms in total. The Morgan fingerprint density at radius 1 is 0.600 bits per heavy atom. The van der Waals surface area contributed by atoms with Crippen LogP contribution in [0.1, 0.15) is 51.3 Å². The second-order valence-corrected chi connectivity index (χ2v) is 17.4. The van der Waals surface area contributed by atoms with Crippen molar-refractivity contribution in [3.8, 4) is 39.6 Å². The van der Waals surface area contributed by atoms with E-state index in [1.165, 1.54) is 55.2 Å². The first-order valence-electron chi connectivity index (χ1n) is 20.8. The van der Waals surface area contributed by atoms with Crippen LogP contribution in [0.25, 0.3) is 49.9 Å². The number of hydrogen-bond acceptors (Lipinski definition) is 4. The number of rotatable bonds is 9. The van der Waals surface area contributed by atoms with E-state index in [0.29, 0.717) is 0 Å². The highest BCUT2D eigenvalue weighted by Crippen LogP contribution is 2.52. The molecule has 1 N–H and O–H groups in total. The summed E-state index contributed by atoms with van der Waals surface area (Å²) in [5.74, 6) is 2.46. The molecule has 0 amide bonds. The Kier molecular flexibility index (Phi) is 8.87. The zero-order valence-electron chi connectivity index (χ0n) is 35.0. The van der Waals surface area contributed by atoms with Crippen molar-refractivity contribution in [1.82, 2.24) is 9.55 Å². The van der Waals surface area contributed by atoms with Crippen LogP contribution in [0.2, 0.25) is 0 Å². The van der Waals surface area contributed by atoms with E-state index in [0.717, 1.165) is 45.6 Å². The minimum atomic E-state index is -0.180. The summed E-state index contributed by atoms with van der Waals surface area (Å²) in [6.45, 7) is 11.4. The van der Waals surface area contributed by atoms with Crippen LogP contribution in [0.15, 0.2) is 176 Å². The SMILES string of the molecule is CN(c1ccccc1Nc1cccc(Oc2cc3c4c5c(cccc5n(-c5cc(C(C)(C)C)ccn5)c4c2)C3(C)C)c1)c1c(-c2ccccc2)cccc1-c1ccccc1. The fourth-order valence-electron chi connectivity index (χ4n) is 9.16. The van der Waals surface area contributed by atoms with Crippen molar-refractivity contribution >= 4 is 44.6 Å². The molecule has 0 unspecified atom stereocenters. The zero-order valence-corrected chi connectivity index (χ0v) is 35.0. The summed E-state index contributed by atoms with van der Waals surface area (Å²) in [5, 5.41) is 6.35. The van der Waals surface area contributed by atoms with Crippen LogP contribution >= 0.6 is 0 Å². The average Bonchev–Trinajstić information content (AvgIpc) is 3.72. The van der Waals surface area contributed by atoms with Gasteiger partial charge in [0, 0.05) is 58.4 Å². The molecule has 10 rings (SSSR count). The zero-order chi connectivity index (χ0) is 41.2. The van der Waals surface area contributed by atoms with E-state index in [2.05, 4.69) is 220 Å². The predicted molar refractivity (Wildman–Crippen MR) is 251 cm³/mol. The smallest absolute Gasteiger partial charge is 0.137 e. The van der Waals surface area contributed by atoms with Gasteiger partial charge in [0.15, 0.2) is 0 Å². The first-order chi connectivity index (χ1) is 29.1. The highest BCUT2D eigenvalue weighted by Gasteiger charge is 2.37. The van der Waals surface area contributed by atoms with Gasteiger partial charge >= 0.3 is 0 Å². The molecule has 0 bridgehead atoms. The molecular weight excluding hydrogens is 733 g/mol. The van der Waals surface area contributed by atoms with Gasteiger partial charge in [-0.2, -0.15) is 0 Å². The highest BCUT2D eigenvalue weighted by molar-refractivity contribution is 6.16. The number of nitrogens with one attached hydrogen (secondary N) is 1. The molecule has 2 aromatic heterocycles. The Hall–Kier alpha value is -7.11. The summed E-state index contributed by atoms with van der Waals surface area (Å²) in [6, 6.07) is 60.1. The Labute approximate surface area is 352 Å². The minimum absolute atomic E-state index is 0.00711. The van der Waals surface area contributed by atoms with Gasteiger partial charge in [-0.1, -0.05) is 144 Å². The average molecular weight is 781 g/mol. The maximum Gasteiger partial charge on any atom is 0.137 e. The van der Waals surface area contributed by atoms with E-state index in [4.69, 9.17) is 9.72 Å². The van der Waals surface area contributed by atoms with E-state index < -0.39 is 0 Å². The van der Waals surface area contributed by atoms with Gasteiger partial charge < -0.3 is 15.0 Å². The number of hydrogen-bond donors (Lipinski definition) is 1. The van der Waals surface area contributed by atoms with E-state index in [1.807, 2.05) is 12.3 Å². The molecular formula is C55H48N4O. The summed E-state index contributed by atoms with van der Waals surface area (Å²) in [7, 11) is 2.16. The van der Waals surface area contributed by atoms with Crippen molar-refractivity contribution in [1.29, 1.82) is 0 Å². The van der Waals surface area contributed by atoms with Crippen molar-refractivity contribution in [2.75, 3.05) is 17.3 Å². The standard InChI is InChI=1S/C55H48N4O/c1-54(2,3)38-30-31-56-50(32-38)59-48-29-17-26-44-51(48)52-45(55(44,4)5)34-41(35-49(52)59)60-40-23-15-22-39(33-40)57-46-27-13-14-28-47(46)58(6)53-42(36-18-9-7-10-19-36)24-16-25-43(53)37-20-11-8-12-21-37/h7-35,57H,1-6H3. The van der Waals surface area contributed by atoms with E-state index in [-0.39, 0.29) is 10.8 Å². The second-order valence-electron chi connectivity index (χ2n) is 17.4. The van der Waals surface area contributed by atoms with Crippen LogP contribution < -0.4 is 15.0 Å². The molecule has 294 valence electrons. The number of benzene rings is 7. The van der Waals surface area contributed by atoms with Crippen molar-refractivity contribution in [2.24, 2.45) is 0 Å². The molecule has 0 fully saturated rings. The third kappa shape index (κ3) is 6.29. The van der Waals surface area contributed by atoms with Crippen molar-refractivity contribution in [2.45, 2.75) is 45.4 Å². The van der Waals surface area contributed by atoms with E-state index >= 15 is 0 Å². The largest absolute Gasteiger partial charge is 0.457 e. The summed E-state index contributed by atoms with van der Waals surface area (Å²) >= 11 is 0. The maximum atomic E-state index is 6.84. The Morgan fingerprint density at radius 2 is 1.25 bits per heavy atom. The normalized spacial score (nSPS) is 13.0. The van der Waals surface area contributed by atoms with Gasteiger partial charge in [0.25, 0.3) is 0 Å². The highest BCUT2D eigenvalue weighted by atomic mass is 16.5. The lowest BCUT2D eigenvalue weighted by Crippen LogP contribution is -2.16. The Balaban J connectivity index is 1.02. The lowest BCUT2D eigenvalue weighted by molar-refractivity contribution is 0.481. The molecule has 5 heteroatoms. The molecule has 0 saturated carbocycles. The molecule has 0 radical (unpaired) electrons. The van der Waals surface area contributed by atoms with Crippen LogP contribution in [-0.2, 0) is 10.8 Å². The molecule has 2 heterocycles. The summed E-state index contributed by atoms with van der Waals surface area (Å²) < 4.78 is 9.16. The van der Waals surface area contributed by atoms with Crippen molar-refractivity contribution in [3.05, 3.63) is 193 Å². The fourth-order valence-corrected chi connectivity index (χ4v) is 9.16. The third-order valence-corrected chi connectivity index (χ3v) is 12.2. The van der Waals surface area contributed by atoms with Crippen LogP contribution in [0.5, 0.6) is 11.5 Å². The number of para-hydroxylation sites is 3. The van der Waals surface area contributed by atoms with Gasteiger partial charge in [-0.05, 0) is 81.8 Å². The molecule has 0 aliphatic heterocycles. The molecule has 7 aromatic carbocycles. The van der Waals surface area contributed by atoms with Gasteiger partial charge in [-0.25, -0.2) is 4.98 Å². The number of ether oxygens (including phenoxy) is 1.